The van der Waals surface area contributed by atoms with E-state index in [1.165, 1.54) is 0 Å². The van der Waals surface area contributed by atoms with E-state index in [1.807, 2.05) is 11.5 Å². The first-order valence-corrected chi connectivity index (χ1v) is 7.26. The van der Waals surface area contributed by atoms with Crippen LogP contribution in [0.1, 0.15) is 25.1 Å². The van der Waals surface area contributed by atoms with Crippen molar-refractivity contribution in [1.29, 1.82) is 0 Å². The Kier molecular flexibility index (Phi) is 3.03. The minimum absolute atomic E-state index is 0.0690. The van der Waals surface area contributed by atoms with E-state index >= 15 is 0 Å². The van der Waals surface area contributed by atoms with Gasteiger partial charge in [-0.05, 0) is 19.3 Å². The Hall–Kier alpha value is -0.880. The van der Waals surface area contributed by atoms with E-state index in [4.69, 9.17) is 5.73 Å². The van der Waals surface area contributed by atoms with Gasteiger partial charge in [0.2, 0.25) is 0 Å². The predicted octanol–water partition coefficient (Wildman–Crippen LogP) is 0.338. The molecule has 0 radical (unpaired) electrons. The van der Waals surface area contributed by atoms with E-state index in [2.05, 4.69) is 4.98 Å². The number of nitrogens with two attached hydrogens (primary N) is 1. The van der Waals surface area contributed by atoms with Gasteiger partial charge >= 0.3 is 0 Å². The molecule has 16 heavy (non-hydrogen) atoms. The molecular formula is C10H17N3O2S. The van der Waals surface area contributed by atoms with Crippen molar-refractivity contribution in [1.82, 2.24) is 9.55 Å². The van der Waals surface area contributed by atoms with Crippen LogP contribution in [0.2, 0.25) is 0 Å². The molecule has 6 heteroatoms. The molecule has 0 saturated carbocycles. The molecule has 1 fully saturated rings. The quantitative estimate of drug-likeness (QED) is 0.830. The fourth-order valence-corrected chi connectivity index (χ4v) is 4.01. The van der Waals surface area contributed by atoms with Crippen LogP contribution in [-0.4, -0.2) is 29.5 Å². The van der Waals surface area contributed by atoms with E-state index < -0.39 is 9.84 Å². The summed E-state index contributed by atoms with van der Waals surface area (Å²) in [5.41, 5.74) is 6.77. The fraction of sp³-hybridized carbons (Fsp3) is 0.700. The minimum atomic E-state index is -2.80. The Balaban J connectivity index is 2.08. The Morgan fingerprint density at radius 1 is 1.69 bits per heavy atom. The number of imidazole rings is 1. The van der Waals surface area contributed by atoms with Crippen molar-refractivity contribution in [2.24, 2.45) is 11.7 Å². The second-order valence-corrected chi connectivity index (χ2v) is 6.76. The van der Waals surface area contributed by atoms with Crippen LogP contribution in [-0.2, 0) is 16.4 Å². The van der Waals surface area contributed by atoms with Crippen molar-refractivity contribution >= 4 is 9.84 Å². The van der Waals surface area contributed by atoms with Gasteiger partial charge in [0.1, 0.15) is 0 Å². The highest BCUT2D eigenvalue weighted by Gasteiger charge is 2.28. The van der Waals surface area contributed by atoms with Crippen molar-refractivity contribution in [2.75, 3.05) is 11.5 Å². The average molecular weight is 243 g/mol. The molecule has 1 aromatic rings. The highest BCUT2D eigenvalue weighted by atomic mass is 32.2. The Morgan fingerprint density at radius 2 is 2.44 bits per heavy atom. The topological polar surface area (TPSA) is 78.0 Å². The summed E-state index contributed by atoms with van der Waals surface area (Å²) < 4.78 is 24.6. The minimum Gasteiger partial charge on any atom is -0.333 e. The average Bonchev–Trinajstić information content (AvgIpc) is 2.73. The molecule has 2 unspecified atom stereocenters. The zero-order valence-corrected chi connectivity index (χ0v) is 10.2. The van der Waals surface area contributed by atoms with Crippen LogP contribution in [0.25, 0.3) is 0 Å². The van der Waals surface area contributed by atoms with Crippen LogP contribution in [0.3, 0.4) is 0 Å². The molecule has 0 aromatic carbocycles. The number of hydrogen-bond acceptors (Lipinski definition) is 4. The molecular weight excluding hydrogens is 226 g/mol. The second-order valence-electron chi connectivity index (χ2n) is 4.53. The Labute approximate surface area is 95.6 Å². The highest BCUT2D eigenvalue weighted by Crippen LogP contribution is 2.21. The first-order valence-electron chi connectivity index (χ1n) is 5.44. The largest absolute Gasteiger partial charge is 0.333 e. The monoisotopic (exact) mass is 243 g/mol. The number of rotatable bonds is 3. The molecule has 2 heterocycles. The number of sulfone groups is 1. The van der Waals surface area contributed by atoms with Crippen molar-refractivity contribution in [3.05, 3.63) is 18.2 Å². The lowest BCUT2D eigenvalue weighted by atomic mass is 10.1. The Morgan fingerprint density at radius 3 is 3.00 bits per heavy atom. The molecule has 1 aromatic heterocycles. The lowest BCUT2D eigenvalue weighted by Crippen LogP contribution is -2.17. The van der Waals surface area contributed by atoms with Gasteiger partial charge in [0.25, 0.3) is 0 Å². The first kappa shape index (κ1) is 11.6. The maximum atomic E-state index is 11.3. The van der Waals surface area contributed by atoms with E-state index in [-0.39, 0.29) is 12.0 Å². The molecule has 1 saturated heterocycles. The number of nitrogens with zero attached hydrogens (tertiary/aromatic N) is 2. The molecule has 0 spiro atoms. The van der Waals surface area contributed by atoms with Crippen LogP contribution >= 0.6 is 0 Å². The standard InChI is InChI=1S/C10H17N3O2S/c1-8(11)10-4-12-7-13(10)5-9-2-3-16(14,15)6-9/h4,7-9H,2-3,5-6,11H2,1H3. The third-order valence-corrected chi connectivity index (χ3v) is 4.83. The number of aromatic nitrogens is 2. The molecule has 1 aliphatic heterocycles. The predicted molar refractivity (Wildman–Crippen MR) is 61.6 cm³/mol. The molecule has 5 nitrogen and oxygen atoms in total. The second kappa shape index (κ2) is 4.18. The summed E-state index contributed by atoms with van der Waals surface area (Å²) in [6.45, 7) is 2.61. The number of hydrogen-bond donors (Lipinski definition) is 1. The third kappa shape index (κ3) is 2.44. The van der Waals surface area contributed by atoms with Gasteiger partial charge in [0.05, 0.1) is 23.5 Å². The SMILES string of the molecule is CC(N)c1cncn1CC1CCS(=O)(=O)C1. The van der Waals surface area contributed by atoms with Crippen LogP contribution < -0.4 is 5.73 Å². The van der Waals surface area contributed by atoms with Crippen LogP contribution in [0.15, 0.2) is 12.5 Å². The zero-order chi connectivity index (χ0) is 11.8. The van der Waals surface area contributed by atoms with Crippen molar-refractivity contribution < 1.29 is 8.42 Å². The van der Waals surface area contributed by atoms with Crippen LogP contribution in [0, 0.1) is 5.92 Å². The fourth-order valence-electron chi connectivity index (χ4n) is 2.16. The van der Waals surface area contributed by atoms with Crippen molar-refractivity contribution in [3.63, 3.8) is 0 Å². The third-order valence-electron chi connectivity index (χ3n) is 2.99. The molecule has 0 bridgehead atoms. The molecule has 0 aliphatic carbocycles. The summed E-state index contributed by atoms with van der Waals surface area (Å²) in [5, 5.41) is 0. The van der Waals surface area contributed by atoms with E-state index in [1.54, 1.807) is 12.5 Å². The van der Waals surface area contributed by atoms with E-state index in [0.29, 0.717) is 18.1 Å². The molecule has 2 N–H and O–H groups in total. The van der Waals surface area contributed by atoms with Gasteiger partial charge in [-0.1, -0.05) is 0 Å². The molecule has 90 valence electrons. The molecule has 0 amide bonds. The maximum Gasteiger partial charge on any atom is 0.150 e. The zero-order valence-electron chi connectivity index (χ0n) is 9.33. The highest BCUT2D eigenvalue weighted by molar-refractivity contribution is 7.91. The van der Waals surface area contributed by atoms with Gasteiger partial charge in [-0.2, -0.15) is 0 Å². The Bertz CT molecular complexity index is 464. The molecule has 2 rings (SSSR count). The van der Waals surface area contributed by atoms with Crippen LogP contribution in [0.4, 0.5) is 0 Å². The van der Waals surface area contributed by atoms with Gasteiger partial charge in [0.15, 0.2) is 9.84 Å². The van der Waals surface area contributed by atoms with Gasteiger partial charge < -0.3 is 10.3 Å². The van der Waals surface area contributed by atoms with E-state index in [9.17, 15) is 8.42 Å². The smallest absolute Gasteiger partial charge is 0.150 e. The van der Waals surface area contributed by atoms with E-state index in [0.717, 1.165) is 12.1 Å². The maximum absolute atomic E-state index is 11.3. The summed E-state index contributed by atoms with van der Waals surface area (Å²) >= 11 is 0. The summed E-state index contributed by atoms with van der Waals surface area (Å²) in [7, 11) is -2.80. The van der Waals surface area contributed by atoms with Crippen LogP contribution in [0.5, 0.6) is 0 Å². The van der Waals surface area contributed by atoms with Gasteiger partial charge in [-0.3, -0.25) is 0 Å². The summed E-state index contributed by atoms with van der Waals surface area (Å²) in [6.07, 6.45) is 4.22. The summed E-state index contributed by atoms with van der Waals surface area (Å²) in [6, 6.07) is -0.0690. The first-order chi connectivity index (χ1) is 7.48. The molecule has 2 atom stereocenters. The molecule has 1 aliphatic rings. The van der Waals surface area contributed by atoms with Gasteiger partial charge in [0, 0.05) is 18.8 Å². The normalized spacial score (nSPS) is 25.8. The van der Waals surface area contributed by atoms with Crippen molar-refractivity contribution in [3.8, 4) is 0 Å². The van der Waals surface area contributed by atoms with Gasteiger partial charge in [-0.25, -0.2) is 13.4 Å². The lowest BCUT2D eigenvalue weighted by Gasteiger charge is -2.13. The van der Waals surface area contributed by atoms with Gasteiger partial charge in [-0.15, -0.1) is 0 Å². The summed E-state index contributed by atoms with van der Waals surface area (Å²) in [5.74, 6) is 0.820. The lowest BCUT2D eigenvalue weighted by molar-refractivity contribution is 0.473. The summed E-state index contributed by atoms with van der Waals surface area (Å²) in [4.78, 5) is 4.06. The van der Waals surface area contributed by atoms with Crippen molar-refractivity contribution in [2.45, 2.75) is 25.9 Å².